The van der Waals surface area contributed by atoms with E-state index >= 15 is 0 Å². The van der Waals surface area contributed by atoms with E-state index in [0.29, 0.717) is 24.7 Å². The first-order valence-electron chi connectivity index (χ1n) is 6.81. The second-order valence-corrected chi connectivity index (χ2v) is 4.99. The summed E-state index contributed by atoms with van der Waals surface area (Å²) in [6.45, 7) is 4.49. The molecule has 0 radical (unpaired) electrons. The molecule has 6 heteroatoms. The van der Waals surface area contributed by atoms with Gasteiger partial charge < -0.3 is 15.6 Å². The predicted molar refractivity (Wildman–Crippen MR) is 82.1 cm³/mol. The van der Waals surface area contributed by atoms with Gasteiger partial charge in [-0.1, -0.05) is 5.16 Å². The summed E-state index contributed by atoms with van der Waals surface area (Å²) < 4.78 is 5.10. The Kier molecular flexibility index (Phi) is 3.43. The number of nitrogens with two attached hydrogens (primary N) is 1. The van der Waals surface area contributed by atoms with Gasteiger partial charge in [-0.2, -0.15) is 4.98 Å². The van der Waals surface area contributed by atoms with Gasteiger partial charge in [0.15, 0.2) is 5.82 Å². The molecule has 2 aromatic heterocycles. The second kappa shape index (κ2) is 5.40. The third kappa shape index (κ3) is 2.79. The Morgan fingerprint density at radius 1 is 1.24 bits per heavy atom. The minimum atomic E-state index is 0.637. The van der Waals surface area contributed by atoms with Crippen molar-refractivity contribution in [3.63, 3.8) is 0 Å². The molecule has 0 saturated carbocycles. The Balaban J connectivity index is 1.80. The summed E-state index contributed by atoms with van der Waals surface area (Å²) in [7, 11) is 0. The molecule has 0 unspecified atom stereocenters. The highest BCUT2D eigenvalue weighted by molar-refractivity contribution is 6.00. The van der Waals surface area contributed by atoms with Crippen molar-refractivity contribution in [2.45, 2.75) is 20.3 Å². The van der Waals surface area contributed by atoms with Crippen LogP contribution in [0.4, 0.5) is 11.4 Å². The molecule has 3 N–H and O–H groups in total. The van der Waals surface area contributed by atoms with E-state index < -0.39 is 0 Å². The van der Waals surface area contributed by atoms with Gasteiger partial charge in [-0.05, 0) is 32.0 Å². The van der Waals surface area contributed by atoms with Gasteiger partial charge in [0.2, 0.25) is 5.89 Å². The first kappa shape index (κ1) is 13.4. The molecule has 0 aliphatic rings. The largest absolute Gasteiger partial charge is 0.398 e. The average Bonchev–Trinajstić information content (AvgIpc) is 2.87. The maximum absolute atomic E-state index is 6.00. The van der Waals surface area contributed by atoms with Crippen molar-refractivity contribution in [3.05, 3.63) is 41.8 Å². The molecule has 0 aliphatic heterocycles. The maximum atomic E-state index is 6.00. The first-order chi connectivity index (χ1) is 10.1. The van der Waals surface area contributed by atoms with Crippen LogP contribution in [0, 0.1) is 13.8 Å². The van der Waals surface area contributed by atoms with E-state index in [1.165, 1.54) is 0 Å². The summed E-state index contributed by atoms with van der Waals surface area (Å²) >= 11 is 0. The van der Waals surface area contributed by atoms with Crippen molar-refractivity contribution >= 4 is 22.1 Å². The van der Waals surface area contributed by atoms with E-state index in [0.717, 1.165) is 27.8 Å². The van der Waals surface area contributed by atoms with Crippen molar-refractivity contribution in [1.29, 1.82) is 0 Å². The van der Waals surface area contributed by atoms with Gasteiger partial charge in [0.1, 0.15) is 0 Å². The summed E-state index contributed by atoms with van der Waals surface area (Å²) in [6, 6.07) is 5.90. The van der Waals surface area contributed by atoms with Crippen LogP contribution in [0.2, 0.25) is 0 Å². The number of pyridine rings is 1. The Labute approximate surface area is 122 Å². The Bertz CT molecular complexity index is 781. The van der Waals surface area contributed by atoms with Crippen LogP contribution in [0.5, 0.6) is 0 Å². The molecule has 2 heterocycles. The van der Waals surface area contributed by atoms with Crippen LogP contribution in [-0.2, 0) is 6.42 Å². The molecular formula is C15H17N5O. The topological polar surface area (TPSA) is 89.9 Å². The summed E-state index contributed by atoms with van der Waals surface area (Å²) in [4.78, 5) is 8.48. The molecule has 0 amide bonds. The number of nitrogen functional groups attached to an aromatic ring is 1. The predicted octanol–water partition coefficient (Wildman–Crippen LogP) is 2.47. The van der Waals surface area contributed by atoms with Crippen LogP contribution in [0.1, 0.15) is 17.4 Å². The lowest BCUT2D eigenvalue weighted by Crippen LogP contribution is -2.06. The zero-order valence-electron chi connectivity index (χ0n) is 12.1. The minimum absolute atomic E-state index is 0.637. The molecule has 108 valence electrons. The third-order valence-electron chi connectivity index (χ3n) is 3.30. The van der Waals surface area contributed by atoms with Crippen LogP contribution < -0.4 is 11.1 Å². The average molecular weight is 283 g/mol. The smallest absolute Gasteiger partial charge is 0.228 e. The van der Waals surface area contributed by atoms with Gasteiger partial charge in [0.05, 0.1) is 0 Å². The van der Waals surface area contributed by atoms with Gasteiger partial charge in [0, 0.05) is 47.0 Å². The van der Waals surface area contributed by atoms with E-state index in [1.54, 1.807) is 0 Å². The fourth-order valence-corrected chi connectivity index (χ4v) is 2.27. The molecule has 3 rings (SSSR count). The van der Waals surface area contributed by atoms with Crippen LogP contribution in [-0.4, -0.2) is 21.7 Å². The van der Waals surface area contributed by atoms with Gasteiger partial charge >= 0.3 is 0 Å². The molecule has 0 aliphatic carbocycles. The minimum Gasteiger partial charge on any atom is -0.398 e. The summed E-state index contributed by atoms with van der Waals surface area (Å²) in [5, 5.41) is 9.20. The van der Waals surface area contributed by atoms with Crippen molar-refractivity contribution < 1.29 is 4.52 Å². The first-order valence-corrected chi connectivity index (χ1v) is 6.81. The van der Waals surface area contributed by atoms with Crippen molar-refractivity contribution in [2.24, 2.45) is 0 Å². The molecule has 21 heavy (non-hydrogen) atoms. The lowest BCUT2D eigenvalue weighted by molar-refractivity contribution is 0.377. The standard InChI is InChI=1S/C15H17N5O/c1-9-7-11-12(8-18-9)13(16)3-4-14(11)17-6-5-15-19-10(2)20-21-15/h3-4,7-8,17H,5-6,16H2,1-2H3. The summed E-state index contributed by atoms with van der Waals surface area (Å²) in [6.07, 6.45) is 2.49. The highest BCUT2D eigenvalue weighted by atomic mass is 16.5. The lowest BCUT2D eigenvalue weighted by atomic mass is 10.1. The molecular weight excluding hydrogens is 266 g/mol. The van der Waals surface area contributed by atoms with Gasteiger partial charge in [-0.15, -0.1) is 0 Å². The lowest BCUT2D eigenvalue weighted by Gasteiger charge is -2.11. The number of anilines is 2. The molecule has 0 fully saturated rings. The quantitative estimate of drug-likeness (QED) is 0.715. The SMILES string of the molecule is Cc1cc2c(NCCc3nc(C)no3)ccc(N)c2cn1. The van der Waals surface area contributed by atoms with E-state index in [9.17, 15) is 0 Å². The van der Waals surface area contributed by atoms with E-state index in [-0.39, 0.29) is 0 Å². The van der Waals surface area contributed by atoms with Crippen LogP contribution >= 0.6 is 0 Å². The van der Waals surface area contributed by atoms with Crippen molar-refractivity contribution in [3.8, 4) is 0 Å². The van der Waals surface area contributed by atoms with Crippen LogP contribution in [0.15, 0.2) is 28.9 Å². The number of aromatic nitrogens is 3. The molecule has 1 aromatic carbocycles. The van der Waals surface area contributed by atoms with E-state index in [1.807, 2.05) is 38.2 Å². The molecule has 0 saturated heterocycles. The maximum Gasteiger partial charge on any atom is 0.228 e. The number of fused-ring (bicyclic) bond motifs is 1. The number of benzene rings is 1. The van der Waals surface area contributed by atoms with Gasteiger partial charge in [-0.3, -0.25) is 4.98 Å². The normalized spacial score (nSPS) is 11.0. The number of hydrogen-bond donors (Lipinski definition) is 2. The summed E-state index contributed by atoms with van der Waals surface area (Å²) in [5.41, 5.74) is 8.72. The molecule has 0 atom stereocenters. The molecule has 6 nitrogen and oxygen atoms in total. The summed E-state index contributed by atoms with van der Waals surface area (Å²) in [5.74, 6) is 1.29. The highest BCUT2D eigenvalue weighted by Gasteiger charge is 2.06. The second-order valence-electron chi connectivity index (χ2n) is 4.99. The molecule has 0 bridgehead atoms. The Morgan fingerprint density at radius 2 is 2.10 bits per heavy atom. The van der Waals surface area contributed by atoms with E-state index in [4.69, 9.17) is 10.3 Å². The van der Waals surface area contributed by atoms with Crippen LogP contribution in [0.25, 0.3) is 10.8 Å². The molecule has 3 aromatic rings. The Morgan fingerprint density at radius 3 is 2.86 bits per heavy atom. The molecule has 0 spiro atoms. The van der Waals surface area contributed by atoms with E-state index in [2.05, 4.69) is 20.4 Å². The van der Waals surface area contributed by atoms with Crippen molar-refractivity contribution in [1.82, 2.24) is 15.1 Å². The fourth-order valence-electron chi connectivity index (χ4n) is 2.27. The number of nitrogens with zero attached hydrogens (tertiary/aromatic N) is 3. The number of nitrogens with one attached hydrogen (secondary N) is 1. The van der Waals surface area contributed by atoms with Crippen molar-refractivity contribution in [2.75, 3.05) is 17.6 Å². The van der Waals surface area contributed by atoms with Gasteiger partial charge in [0.25, 0.3) is 0 Å². The number of rotatable bonds is 4. The van der Waals surface area contributed by atoms with Crippen LogP contribution in [0.3, 0.4) is 0 Å². The monoisotopic (exact) mass is 283 g/mol. The third-order valence-corrected chi connectivity index (χ3v) is 3.30. The zero-order chi connectivity index (χ0) is 14.8. The fraction of sp³-hybridized carbons (Fsp3) is 0.267. The Hall–Kier alpha value is -2.63. The zero-order valence-corrected chi connectivity index (χ0v) is 12.1. The highest BCUT2D eigenvalue weighted by Crippen LogP contribution is 2.28. The van der Waals surface area contributed by atoms with Gasteiger partial charge in [-0.25, -0.2) is 0 Å². The number of hydrogen-bond acceptors (Lipinski definition) is 6. The number of aryl methyl sites for hydroxylation is 2.